The van der Waals surface area contributed by atoms with Gasteiger partial charge in [0.15, 0.2) is 0 Å². The van der Waals surface area contributed by atoms with Gasteiger partial charge >= 0.3 is 0 Å². The molecule has 0 saturated heterocycles. The van der Waals surface area contributed by atoms with Gasteiger partial charge in [0.2, 0.25) is 0 Å². The lowest BCUT2D eigenvalue weighted by Crippen LogP contribution is -2.20. The largest absolute Gasteiger partial charge is 0.393 e. The van der Waals surface area contributed by atoms with Gasteiger partial charge in [0, 0.05) is 11.0 Å². The number of primary amides is 1. The summed E-state index contributed by atoms with van der Waals surface area (Å²) >= 11 is 3.17. The number of benzene rings is 1. The van der Waals surface area contributed by atoms with Crippen LogP contribution in [0.15, 0.2) is 16.6 Å². The Kier molecular flexibility index (Phi) is 5.75. The maximum Gasteiger partial charge on any atom is 0.253 e. The Morgan fingerprint density at radius 2 is 2.16 bits per heavy atom. The zero-order valence-electron chi connectivity index (χ0n) is 10.9. The highest BCUT2D eigenvalue weighted by molar-refractivity contribution is 9.10. The van der Waals surface area contributed by atoms with Crippen LogP contribution < -0.4 is 11.1 Å². The highest BCUT2D eigenvalue weighted by Gasteiger charge is 2.16. The molecule has 0 heterocycles. The number of anilines is 1. The van der Waals surface area contributed by atoms with Gasteiger partial charge in [-0.15, -0.1) is 0 Å². The van der Waals surface area contributed by atoms with Gasteiger partial charge in [-0.05, 0) is 31.4 Å². The van der Waals surface area contributed by atoms with Crippen molar-refractivity contribution in [2.75, 3.05) is 11.9 Å². The SMILES string of the molecule is C[C@@H](CNc1cc(Br)cc(F)c1C(N)=O)C[C@@H](C)O. The molecule has 0 bridgehead atoms. The fraction of sp³-hybridized carbons (Fsp3) is 0.462. The number of nitrogens with two attached hydrogens (primary N) is 1. The van der Waals surface area contributed by atoms with Crippen molar-refractivity contribution in [3.8, 4) is 0 Å². The first-order chi connectivity index (χ1) is 8.81. The van der Waals surface area contributed by atoms with Crippen molar-refractivity contribution >= 4 is 27.5 Å². The van der Waals surface area contributed by atoms with E-state index in [2.05, 4.69) is 21.2 Å². The van der Waals surface area contributed by atoms with Crippen molar-refractivity contribution in [3.05, 3.63) is 28.0 Å². The molecule has 1 amide bonds. The third-order valence-corrected chi connectivity index (χ3v) is 3.14. The van der Waals surface area contributed by atoms with E-state index in [1.807, 2.05) is 6.92 Å². The number of halogens is 2. The molecule has 4 N–H and O–H groups in total. The Morgan fingerprint density at radius 1 is 1.53 bits per heavy atom. The van der Waals surface area contributed by atoms with E-state index < -0.39 is 17.8 Å². The van der Waals surface area contributed by atoms with Gasteiger partial charge in [-0.3, -0.25) is 4.79 Å². The summed E-state index contributed by atoms with van der Waals surface area (Å²) in [6.45, 7) is 4.18. The predicted molar refractivity (Wildman–Crippen MR) is 76.6 cm³/mol. The second-order valence-electron chi connectivity index (χ2n) is 4.75. The summed E-state index contributed by atoms with van der Waals surface area (Å²) in [6.07, 6.45) is 0.224. The van der Waals surface area contributed by atoms with Gasteiger partial charge in [0.25, 0.3) is 5.91 Å². The molecule has 0 aliphatic heterocycles. The molecular weight excluding hydrogens is 315 g/mol. The van der Waals surface area contributed by atoms with Gasteiger partial charge in [-0.2, -0.15) is 0 Å². The van der Waals surface area contributed by atoms with Crippen molar-refractivity contribution < 1.29 is 14.3 Å². The highest BCUT2D eigenvalue weighted by atomic mass is 79.9. The van der Waals surface area contributed by atoms with E-state index in [1.54, 1.807) is 13.0 Å². The molecule has 0 aliphatic carbocycles. The summed E-state index contributed by atoms with van der Waals surface area (Å²) in [5.41, 5.74) is 5.39. The van der Waals surface area contributed by atoms with E-state index in [1.165, 1.54) is 6.07 Å². The van der Waals surface area contributed by atoms with Gasteiger partial charge in [-0.1, -0.05) is 22.9 Å². The van der Waals surface area contributed by atoms with E-state index in [0.29, 0.717) is 23.1 Å². The number of amides is 1. The Morgan fingerprint density at radius 3 is 2.68 bits per heavy atom. The Balaban J connectivity index is 2.85. The highest BCUT2D eigenvalue weighted by Crippen LogP contribution is 2.25. The number of hydrogen-bond acceptors (Lipinski definition) is 3. The number of carbonyl (C=O) groups is 1. The maximum absolute atomic E-state index is 13.7. The van der Waals surface area contributed by atoms with E-state index in [9.17, 15) is 14.3 Å². The molecule has 1 aromatic rings. The molecule has 0 spiro atoms. The van der Waals surface area contributed by atoms with E-state index in [0.717, 1.165) is 0 Å². The second kappa shape index (κ2) is 6.86. The van der Waals surface area contributed by atoms with E-state index >= 15 is 0 Å². The summed E-state index contributed by atoms with van der Waals surface area (Å²) in [5, 5.41) is 12.3. The molecule has 0 radical (unpaired) electrons. The summed E-state index contributed by atoms with van der Waals surface area (Å²) in [6, 6.07) is 2.81. The molecule has 0 aromatic heterocycles. The van der Waals surface area contributed by atoms with Crippen molar-refractivity contribution in [3.63, 3.8) is 0 Å². The van der Waals surface area contributed by atoms with Crippen LogP contribution in [0, 0.1) is 11.7 Å². The summed E-state index contributed by atoms with van der Waals surface area (Å²) in [4.78, 5) is 11.3. The van der Waals surface area contributed by atoms with Crippen LogP contribution in [0.25, 0.3) is 0 Å². The smallest absolute Gasteiger partial charge is 0.253 e. The molecular formula is C13H18BrFN2O2. The first-order valence-electron chi connectivity index (χ1n) is 6.02. The molecule has 6 heteroatoms. The van der Waals surface area contributed by atoms with Crippen LogP contribution in [0.3, 0.4) is 0 Å². The number of rotatable bonds is 6. The second-order valence-corrected chi connectivity index (χ2v) is 5.66. The van der Waals surface area contributed by atoms with Crippen LogP contribution in [-0.2, 0) is 0 Å². The fourth-order valence-corrected chi connectivity index (χ4v) is 2.34. The molecule has 1 aromatic carbocycles. The molecule has 0 aliphatic rings. The molecule has 0 unspecified atom stereocenters. The van der Waals surface area contributed by atoms with Crippen LogP contribution in [0.5, 0.6) is 0 Å². The lowest BCUT2D eigenvalue weighted by Gasteiger charge is -2.17. The third kappa shape index (κ3) is 4.80. The van der Waals surface area contributed by atoms with Gasteiger partial charge < -0.3 is 16.2 Å². The van der Waals surface area contributed by atoms with Crippen LogP contribution in [0.2, 0.25) is 0 Å². The van der Waals surface area contributed by atoms with E-state index in [4.69, 9.17) is 5.73 Å². The molecule has 0 fully saturated rings. The quantitative estimate of drug-likeness (QED) is 0.749. The fourth-order valence-electron chi connectivity index (χ4n) is 1.91. The van der Waals surface area contributed by atoms with Crippen LogP contribution >= 0.6 is 15.9 Å². The zero-order valence-corrected chi connectivity index (χ0v) is 12.5. The first kappa shape index (κ1) is 15.9. The Hall–Kier alpha value is -1.14. The minimum absolute atomic E-state index is 0.146. The van der Waals surface area contributed by atoms with Crippen molar-refractivity contribution in [1.82, 2.24) is 0 Å². The van der Waals surface area contributed by atoms with Crippen LogP contribution in [0.4, 0.5) is 10.1 Å². The first-order valence-corrected chi connectivity index (χ1v) is 6.81. The van der Waals surface area contributed by atoms with Crippen molar-refractivity contribution in [1.29, 1.82) is 0 Å². The van der Waals surface area contributed by atoms with Crippen LogP contribution in [-0.4, -0.2) is 23.7 Å². The van der Waals surface area contributed by atoms with Crippen LogP contribution in [0.1, 0.15) is 30.6 Å². The average molecular weight is 333 g/mol. The summed E-state index contributed by atoms with van der Waals surface area (Å²) in [5.74, 6) is -1.29. The van der Waals surface area contributed by atoms with E-state index in [-0.39, 0.29) is 11.5 Å². The standard InChI is InChI=1S/C13H18BrFN2O2/c1-7(3-8(2)18)6-17-11-5-9(14)4-10(15)12(11)13(16)19/h4-5,7-8,17-18H,3,6H2,1-2H3,(H2,16,19)/t7-,8-/m1/s1. The topological polar surface area (TPSA) is 75.3 Å². The molecule has 106 valence electrons. The monoisotopic (exact) mass is 332 g/mol. The number of hydrogen-bond donors (Lipinski definition) is 3. The predicted octanol–water partition coefficient (Wildman–Crippen LogP) is 2.51. The number of aliphatic hydroxyl groups is 1. The minimum atomic E-state index is -0.810. The third-order valence-electron chi connectivity index (χ3n) is 2.69. The summed E-state index contributed by atoms with van der Waals surface area (Å²) < 4.78 is 14.2. The van der Waals surface area contributed by atoms with Crippen molar-refractivity contribution in [2.45, 2.75) is 26.4 Å². The van der Waals surface area contributed by atoms with Crippen molar-refractivity contribution in [2.24, 2.45) is 11.7 Å². The molecule has 2 atom stereocenters. The molecule has 19 heavy (non-hydrogen) atoms. The number of aliphatic hydroxyl groups excluding tert-OH is 1. The Labute approximate surface area is 120 Å². The normalized spacial score (nSPS) is 13.9. The number of carbonyl (C=O) groups excluding carboxylic acids is 1. The maximum atomic E-state index is 13.7. The summed E-state index contributed by atoms with van der Waals surface area (Å²) in [7, 11) is 0. The zero-order chi connectivity index (χ0) is 14.6. The Bertz CT molecular complexity index is 466. The van der Waals surface area contributed by atoms with Gasteiger partial charge in [0.1, 0.15) is 5.82 Å². The lowest BCUT2D eigenvalue weighted by molar-refractivity contribution is 0.0997. The minimum Gasteiger partial charge on any atom is -0.393 e. The molecule has 4 nitrogen and oxygen atoms in total. The van der Waals surface area contributed by atoms with Gasteiger partial charge in [-0.25, -0.2) is 4.39 Å². The lowest BCUT2D eigenvalue weighted by atomic mass is 10.0. The van der Waals surface area contributed by atoms with Gasteiger partial charge in [0.05, 0.1) is 17.4 Å². The molecule has 0 saturated carbocycles. The molecule has 1 rings (SSSR count). The average Bonchev–Trinajstić information content (AvgIpc) is 2.23. The number of nitrogens with one attached hydrogen (secondary N) is 1.